The van der Waals surface area contributed by atoms with Crippen LogP contribution in [0.2, 0.25) is 0 Å². The molecule has 0 spiro atoms. The van der Waals surface area contributed by atoms with Gasteiger partial charge in [-0.3, -0.25) is 0 Å². The summed E-state index contributed by atoms with van der Waals surface area (Å²) in [5.74, 6) is 0. The number of nitrogens with one attached hydrogen (secondary N) is 1. The van der Waals surface area contributed by atoms with Crippen LogP contribution in [-0.4, -0.2) is 20.4 Å². The molecule has 0 unspecified atom stereocenters. The number of fused-ring (bicyclic) bond motifs is 1. The first-order valence-electron chi connectivity index (χ1n) is 3.42. The number of halogens is 1. The van der Waals surface area contributed by atoms with Gasteiger partial charge in [-0.05, 0) is 0 Å². The number of aromatic amines is 1. The average molecular weight is 331 g/mol. The molecule has 1 N–H and O–H groups in total. The average Bonchev–Trinajstić information content (AvgIpc) is 2.47. The van der Waals surface area contributed by atoms with Crippen LogP contribution in [0.4, 0.5) is 0 Å². The Morgan fingerprint density at radius 1 is 1.07 bits per heavy atom. The zero-order valence-electron chi connectivity index (χ0n) is 6.81. The summed E-state index contributed by atoms with van der Waals surface area (Å²) in [6.45, 7) is 0. The van der Waals surface area contributed by atoms with Crippen LogP contribution in [0.15, 0.2) is 28.5 Å². The number of hydrogen-bond donors (Lipinski definition) is 0. The van der Waals surface area contributed by atoms with Crippen LogP contribution in [0.5, 0.6) is 0 Å². The van der Waals surface area contributed by atoms with Crippen molar-refractivity contribution in [1.29, 1.82) is 0 Å². The molecule has 5 nitrogen and oxygen atoms in total. The molecule has 0 fully saturated rings. The Bertz CT molecular complexity index is 363. The number of H-pyrrole nitrogens is 1. The van der Waals surface area contributed by atoms with Crippen LogP contribution >= 0.6 is 0 Å². The minimum atomic E-state index is -4.94. The molecular formula is C7H6ClNO4Te. The molecule has 14 heavy (non-hydrogen) atoms. The summed E-state index contributed by atoms with van der Waals surface area (Å²) in [6.07, 6.45) is 0. The fourth-order valence-corrected chi connectivity index (χ4v) is 2.91. The quantitative estimate of drug-likeness (QED) is 0.458. The third-order valence-electron chi connectivity index (χ3n) is 1.29. The first-order valence-corrected chi connectivity index (χ1v) is 7.17. The van der Waals surface area contributed by atoms with Crippen molar-refractivity contribution in [3.8, 4) is 0 Å². The van der Waals surface area contributed by atoms with E-state index in [-0.39, 0.29) is 20.4 Å². The van der Waals surface area contributed by atoms with Crippen LogP contribution in [0.3, 0.4) is 0 Å². The Morgan fingerprint density at radius 2 is 1.64 bits per heavy atom. The van der Waals surface area contributed by atoms with Crippen molar-refractivity contribution in [1.82, 2.24) is 0 Å². The number of para-hydroxylation sites is 1. The third-order valence-corrected chi connectivity index (χ3v) is 3.70. The monoisotopic (exact) mass is 333 g/mol. The van der Waals surface area contributed by atoms with Gasteiger partial charge in [0.1, 0.15) is 0 Å². The standard InChI is InChI=1S/C7H5NTe.ClHO4/c1-2-4-7-6(3-1)8-5-9-7;2-1(3,4)5/h1-5H;(H,2,3,4,5). The van der Waals surface area contributed by atoms with Gasteiger partial charge in [-0.15, -0.1) is 10.2 Å². The number of aromatic nitrogens is 1. The summed E-state index contributed by atoms with van der Waals surface area (Å²) in [6, 6.07) is 8.50. The van der Waals surface area contributed by atoms with E-state index < -0.39 is 10.2 Å². The van der Waals surface area contributed by atoms with Gasteiger partial charge in [0.25, 0.3) is 0 Å². The van der Waals surface area contributed by atoms with E-state index in [4.69, 9.17) is 18.6 Å². The molecule has 76 valence electrons. The number of benzene rings is 1. The maximum atomic E-state index is 8.49. The second-order valence-corrected chi connectivity index (χ2v) is 5.61. The maximum absolute atomic E-state index is 8.49. The second kappa shape index (κ2) is 5.05. The first-order chi connectivity index (χ1) is 6.47. The van der Waals surface area contributed by atoms with Crippen molar-refractivity contribution >= 4 is 29.3 Å². The minimum absolute atomic E-state index is 0.0265. The molecule has 1 aromatic carbocycles. The van der Waals surface area contributed by atoms with Gasteiger partial charge in [-0.25, -0.2) is 18.6 Å². The zero-order chi connectivity index (χ0) is 10.6. The molecule has 0 aliphatic carbocycles. The molecule has 0 aliphatic heterocycles. The molecule has 1 heterocycles. The summed E-state index contributed by atoms with van der Waals surface area (Å²) in [4.78, 5) is 3.23. The van der Waals surface area contributed by atoms with E-state index in [2.05, 4.69) is 33.5 Å². The predicted octanol–water partition coefficient (Wildman–Crippen LogP) is -4.05. The van der Waals surface area contributed by atoms with E-state index in [9.17, 15) is 0 Å². The van der Waals surface area contributed by atoms with Crippen LogP contribution in [0, 0.1) is 10.2 Å². The van der Waals surface area contributed by atoms with E-state index in [1.165, 1.54) is 8.92 Å². The molecule has 7 heteroatoms. The van der Waals surface area contributed by atoms with Gasteiger partial charge in [0, 0.05) is 0 Å². The van der Waals surface area contributed by atoms with Crippen molar-refractivity contribution in [2.45, 2.75) is 0 Å². The molecule has 1 aromatic heterocycles. The molecule has 2 aromatic rings. The van der Waals surface area contributed by atoms with Gasteiger partial charge in [0.2, 0.25) is 0 Å². The SMILES string of the molecule is [O-][Cl+3]([O-])([O-])[O-].c1ccc2[te]c[nH+]c2c1. The third kappa shape index (κ3) is 4.88. The summed E-state index contributed by atoms with van der Waals surface area (Å²) < 4.78 is 37.7. The Morgan fingerprint density at radius 3 is 2.21 bits per heavy atom. The van der Waals surface area contributed by atoms with Gasteiger partial charge in [0.15, 0.2) is 0 Å². The Balaban J connectivity index is 0.000000171. The number of hydrogen-bond acceptors (Lipinski definition) is 4. The topological polar surface area (TPSA) is 106 Å². The van der Waals surface area contributed by atoms with Gasteiger partial charge in [-0.2, -0.15) is 0 Å². The van der Waals surface area contributed by atoms with Crippen LogP contribution in [-0.2, 0) is 0 Å². The van der Waals surface area contributed by atoms with E-state index in [1.54, 1.807) is 0 Å². The molecule has 2 rings (SSSR count). The van der Waals surface area contributed by atoms with Crippen molar-refractivity contribution in [3.63, 3.8) is 0 Å². The normalized spacial score (nSPS) is 10.9. The molecule has 0 radical (unpaired) electrons. The van der Waals surface area contributed by atoms with Gasteiger partial charge in [-0.1, -0.05) is 0 Å². The number of rotatable bonds is 0. The summed E-state index contributed by atoms with van der Waals surface area (Å²) in [5, 5.41) is 0. The molecule has 0 amide bonds. The zero-order valence-corrected chi connectivity index (χ0v) is 9.89. The molecule has 0 bridgehead atoms. The van der Waals surface area contributed by atoms with Gasteiger partial charge >= 0.3 is 62.8 Å². The van der Waals surface area contributed by atoms with Crippen LogP contribution in [0.25, 0.3) is 8.92 Å². The first kappa shape index (κ1) is 11.9. The molecule has 0 atom stereocenters. The van der Waals surface area contributed by atoms with E-state index in [1.807, 2.05) is 0 Å². The summed E-state index contributed by atoms with van der Waals surface area (Å²) in [5.41, 5.74) is 1.32. The Labute approximate surface area is 91.6 Å². The summed E-state index contributed by atoms with van der Waals surface area (Å²) >= 11 is 0.0265. The van der Waals surface area contributed by atoms with Crippen LogP contribution < -0.4 is 23.6 Å². The van der Waals surface area contributed by atoms with Crippen LogP contribution in [0.1, 0.15) is 0 Å². The summed E-state index contributed by atoms with van der Waals surface area (Å²) in [7, 11) is -4.94. The molecule has 0 saturated heterocycles. The molecule has 0 aliphatic rings. The van der Waals surface area contributed by atoms with Gasteiger partial charge in [0.05, 0.1) is 0 Å². The molecule has 0 saturated carbocycles. The fraction of sp³-hybridized carbons (Fsp3) is 0. The van der Waals surface area contributed by atoms with Crippen molar-refractivity contribution in [3.05, 3.63) is 28.5 Å². The second-order valence-electron chi connectivity index (χ2n) is 2.25. The van der Waals surface area contributed by atoms with Crippen molar-refractivity contribution in [2.75, 3.05) is 0 Å². The van der Waals surface area contributed by atoms with E-state index >= 15 is 0 Å². The van der Waals surface area contributed by atoms with Crippen molar-refractivity contribution < 1.29 is 33.9 Å². The molecular weight excluding hydrogens is 325 g/mol. The van der Waals surface area contributed by atoms with E-state index in [0.29, 0.717) is 0 Å². The van der Waals surface area contributed by atoms with Gasteiger partial charge < -0.3 is 0 Å². The predicted molar refractivity (Wildman–Crippen MR) is 37.4 cm³/mol. The Kier molecular flexibility index (Phi) is 4.29. The fourth-order valence-electron chi connectivity index (χ4n) is 0.845. The van der Waals surface area contributed by atoms with Crippen molar-refractivity contribution in [2.24, 2.45) is 0 Å². The van der Waals surface area contributed by atoms with E-state index in [0.717, 1.165) is 0 Å². The Hall–Kier alpha value is -0.190.